The average Bonchev–Trinajstić information content (AvgIpc) is 2.51. The highest BCUT2D eigenvalue weighted by atomic mass is 35.5. The average molecular weight is 271 g/mol. The Morgan fingerprint density at radius 3 is 2.83 bits per heavy atom. The molecule has 0 amide bonds. The fraction of sp³-hybridized carbons (Fsp3) is 0.500. The van der Waals surface area contributed by atoms with Gasteiger partial charge in [0.1, 0.15) is 12.4 Å². The largest absolute Gasteiger partial charge is 0.490 e. The number of ether oxygens (including phenoxy) is 1. The molecule has 5 nitrogen and oxygen atoms in total. The molecule has 0 spiro atoms. The molecule has 1 heterocycles. The quantitative estimate of drug-likeness (QED) is 0.612. The summed E-state index contributed by atoms with van der Waals surface area (Å²) < 4.78 is 5.60. The Labute approximate surface area is 110 Å². The molecule has 0 radical (unpaired) electrons. The number of nitrogens with zero attached hydrogens (tertiary/aromatic N) is 2. The van der Waals surface area contributed by atoms with Gasteiger partial charge >= 0.3 is 0 Å². The third kappa shape index (κ3) is 2.57. The first kappa shape index (κ1) is 13.1. The van der Waals surface area contributed by atoms with E-state index >= 15 is 0 Å². The number of hydrogen-bond acceptors (Lipinski definition) is 4. The van der Waals surface area contributed by atoms with E-state index in [9.17, 15) is 10.1 Å². The summed E-state index contributed by atoms with van der Waals surface area (Å²) in [6, 6.07) is 3.24. The Morgan fingerprint density at radius 2 is 2.22 bits per heavy atom. The van der Waals surface area contributed by atoms with Crippen LogP contribution in [0.1, 0.15) is 19.4 Å². The fourth-order valence-electron chi connectivity index (χ4n) is 2.02. The summed E-state index contributed by atoms with van der Waals surface area (Å²) in [7, 11) is 0. The molecule has 2 rings (SSSR count). The number of halogens is 1. The molecule has 1 aliphatic rings. The first-order chi connectivity index (χ1) is 8.49. The van der Waals surface area contributed by atoms with Crippen molar-refractivity contribution in [3.8, 4) is 5.75 Å². The van der Waals surface area contributed by atoms with Crippen molar-refractivity contribution in [1.29, 1.82) is 0 Å². The van der Waals surface area contributed by atoms with E-state index in [-0.39, 0.29) is 5.69 Å². The number of hydrogen-bond donors (Lipinski definition) is 0. The van der Waals surface area contributed by atoms with Crippen LogP contribution in [0.5, 0.6) is 5.75 Å². The minimum absolute atomic E-state index is 0.00737. The van der Waals surface area contributed by atoms with Gasteiger partial charge in [0.25, 0.3) is 5.69 Å². The van der Waals surface area contributed by atoms with Gasteiger partial charge in [-0.1, -0.05) is 11.6 Å². The molecule has 1 aromatic carbocycles. The first-order valence-corrected chi connectivity index (χ1v) is 6.20. The van der Waals surface area contributed by atoms with E-state index in [1.807, 2.05) is 0 Å². The summed E-state index contributed by atoms with van der Waals surface area (Å²) in [6.07, 6.45) is 0. The van der Waals surface area contributed by atoms with Gasteiger partial charge in [0.05, 0.1) is 9.95 Å². The number of fused-ring (bicyclic) bond motifs is 1. The van der Waals surface area contributed by atoms with Crippen molar-refractivity contribution in [3.05, 3.63) is 32.8 Å². The summed E-state index contributed by atoms with van der Waals surface area (Å²) in [5.74, 6) is 0.574. The van der Waals surface area contributed by atoms with Crippen LogP contribution in [0.3, 0.4) is 0 Å². The van der Waals surface area contributed by atoms with E-state index in [1.54, 1.807) is 6.07 Å². The SMILES string of the molecule is CC(C)N1CCOc2c(Cl)cc([N+](=O)[O-])cc2C1. The molecule has 0 bridgehead atoms. The van der Waals surface area contributed by atoms with Crippen molar-refractivity contribution in [2.45, 2.75) is 26.4 Å². The lowest BCUT2D eigenvalue weighted by Crippen LogP contribution is -2.32. The third-order valence-electron chi connectivity index (χ3n) is 3.04. The van der Waals surface area contributed by atoms with Gasteiger partial charge in [0.15, 0.2) is 0 Å². The molecule has 0 aliphatic carbocycles. The van der Waals surface area contributed by atoms with Gasteiger partial charge in [0.2, 0.25) is 0 Å². The predicted octanol–water partition coefficient (Wildman–Crippen LogP) is 2.85. The monoisotopic (exact) mass is 270 g/mol. The zero-order valence-electron chi connectivity index (χ0n) is 10.4. The molecule has 0 atom stereocenters. The summed E-state index contributed by atoms with van der Waals surface area (Å²) in [4.78, 5) is 12.6. The second-order valence-corrected chi connectivity index (χ2v) is 4.99. The molecular formula is C12H15ClN2O3. The number of benzene rings is 1. The van der Waals surface area contributed by atoms with E-state index in [0.717, 1.165) is 12.1 Å². The highest BCUT2D eigenvalue weighted by molar-refractivity contribution is 6.32. The second kappa shape index (κ2) is 5.12. The maximum Gasteiger partial charge on any atom is 0.271 e. The van der Waals surface area contributed by atoms with E-state index in [0.29, 0.717) is 30.0 Å². The van der Waals surface area contributed by atoms with Gasteiger partial charge in [-0.05, 0) is 13.8 Å². The first-order valence-electron chi connectivity index (χ1n) is 5.82. The normalized spacial score (nSPS) is 16.0. The number of non-ortho nitro benzene ring substituents is 1. The van der Waals surface area contributed by atoms with Crippen LogP contribution in [0.4, 0.5) is 5.69 Å². The number of nitro groups is 1. The van der Waals surface area contributed by atoms with Crippen LogP contribution in [-0.4, -0.2) is 29.0 Å². The van der Waals surface area contributed by atoms with Crippen molar-refractivity contribution in [2.75, 3.05) is 13.2 Å². The molecular weight excluding hydrogens is 256 g/mol. The van der Waals surface area contributed by atoms with Crippen LogP contribution >= 0.6 is 11.6 Å². The van der Waals surface area contributed by atoms with Crippen LogP contribution in [0.2, 0.25) is 5.02 Å². The van der Waals surface area contributed by atoms with Gasteiger partial charge in [0, 0.05) is 36.8 Å². The zero-order chi connectivity index (χ0) is 13.3. The zero-order valence-corrected chi connectivity index (χ0v) is 11.1. The Balaban J connectivity index is 2.42. The lowest BCUT2D eigenvalue weighted by molar-refractivity contribution is -0.384. The molecule has 0 saturated carbocycles. The van der Waals surface area contributed by atoms with E-state index < -0.39 is 4.92 Å². The van der Waals surface area contributed by atoms with Crippen LogP contribution in [0, 0.1) is 10.1 Å². The Hall–Kier alpha value is -1.33. The van der Waals surface area contributed by atoms with Gasteiger partial charge in [-0.15, -0.1) is 0 Å². The molecule has 0 fully saturated rings. The lowest BCUT2D eigenvalue weighted by atomic mass is 10.1. The van der Waals surface area contributed by atoms with Crippen molar-refractivity contribution in [1.82, 2.24) is 4.90 Å². The Bertz CT molecular complexity index is 477. The standard InChI is InChI=1S/C12H15ClN2O3/c1-8(2)14-3-4-18-12-9(7-14)5-10(15(16)17)6-11(12)13/h5-6,8H,3-4,7H2,1-2H3. The molecule has 0 aromatic heterocycles. The molecule has 0 unspecified atom stereocenters. The number of rotatable bonds is 2. The van der Waals surface area contributed by atoms with Crippen molar-refractivity contribution < 1.29 is 9.66 Å². The summed E-state index contributed by atoms with van der Waals surface area (Å²) in [5.41, 5.74) is 0.786. The minimum atomic E-state index is -0.434. The van der Waals surface area contributed by atoms with Gasteiger partial charge < -0.3 is 4.74 Å². The maximum absolute atomic E-state index is 10.8. The highest BCUT2D eigenvalue weighted by Crippen LogP contribution is 2.35. The molecule has 1 aliphatic heterocycles. The topological polar surface area (TPSA) is 55.6 Å². The number of nitro benzene ring substituents is 1. The molecule has 0 N–H and O–H groups in total. The molecule has 6 heteroatoms. The second-order valence-electron chi connectivity index (χ2n) is 4.59. The predicted molar refractivity (Wildman–Crippen MR) is 69.1 cm³/mol. The highest BCUT2D eigenvalue weighted by Gasteiger charge is 2.22. The van der Waals surface area contributed by atoms with E-state index in [4.69, 9.17) is 16.3 Å². The Kier molecular flexibility index (Phi) is 3.73. The van der Waals surface area contributed by atoms with Gasteiger partial charge in [-0.3, -0.25) is 15.0 Å². The van der Waals surface area contributed by atoms with Crippen LogP contribution in [-0.2, 0) is 6.54 Å². The third-order valence-corrected chi connectivity index (χ3v) is 3.33. The van der Waals surface area contributed by atoms with Gasteiger partial charge in [-0.2, -0.15) is 0 Å². The molecule has 18 heavy (non-hydrogen) atoms. The fourth-order valence-corrected chi connectivity index (χ4v) is 2.31. The lowest BCUT2D eigenvalue weighted by Gasteiger charge is -2.23. The van der Waals surface area contributed by atoms with Crippen LogP contribution < -0.4 is 4.74 Å². The summed E-state index contributed by atoms with van der Waals surface area (Å²) >= 11 is 6.04. The van der Waals surface area contributed by atoms with Gasteiger partial charge in [-0.25, -0.2) is 0 Å². The van der Waals surface area contributed by atoms with Crippen LogP contribution in [0.25, 0.3) is 0 Å². The maximum atomic E-state index is 10.8. The van der Waals surface area contributed by atoms with E-state index in [1.165, 1.54) is 6.07 Å². The summed E-state index contributed by atoms with van der Waals surface area (Å²) in [5, 5.41) is 11.1. The van der Waals surface area contributed by atoms with Crippen molar-refractivity contribution >= 4 is 17.3 Å². The van der Waals surface area contributed by atoms with Crippen LogP contribution in [0.15, 0.2) is 12.1 Å². The molecule has 0 saturated heterocycles. The van der Waals surface area contributed by atoms with Crippen molar-refractivity contribution in [3.63, 3.8) is 0 Å². The summed E-state index contributed by atoms with van der Waals surface area (Å²) in [6.45, 7) is 6.13. The molecule has 1 aromatic rings. The molecule has 98 valence electrons. The smallest absolute Gasteiger partial charge is 0.271 e. The Morgan fingerprint density at radius 1 is 1.50 bits per heavy atom. The van der Waals surface area contributed by atoms with E-state index in [2.05, 4.69) is 18.7 Å². The minimum Gasteiger partial charge on any atom is -0.490 e. The van der Waals surface area contributed by atoms with Crippen molar-refractivity contribution in [2.24, 2.45) is 0 Å².